The number of carboxylic acids is 1. The topological polar surface area (TPSA) is 133 Å². The molecule has 4 atom stereocenters. The zero-order chi connectivity index (χ0) is 46.1. The molecule has 3 N–H and O–H groups in total. The van der Waals surface area contributed by atoms with E-state index in [9.17, 15) is 29.4 Å². The molecule has 64 heavy (non-hydrogen) atoms. The van der Waals surface area contributed by atoms with Gasteiger partial charge in [0.15, 0.2) is 5.78 Å². The Morgan fingerprint density at radius 2 is 1.23 bits per heavy atom. The number of hydrogen-bond donors (Lipinski definition) is 3. The number of carbonyl (C=O) groups excluding carboxylic acids is 3. The minimum absolute atomic E-state index is 0.146. The van der Waals surface area contributed by atoms with Crippen LogP contribution in [0.2, 0.25) is 0 Å². The van der Waals surface area contributed by atoms with Crippen molar-refractivity contribution in [3.8, 4) is 0 Å². The van der Waals surface area contributed by atoms with Gasteiger partial charge in [0.25, 0.3) is 0 Å². The number of carboxylic acid groups (broad SMARTS) is 1. The monoisotopic (exact) mass is 950 g/mol. The molecule has 1 heterocycles. The zero-order valence-corrected chi connectivity index (χ0v) is 40.0. The molecule has 1 aliphatic rings. The summed E-state index contributed by atoms with van der Waals surface area (Å²) in [6.07, 6.45) is 12.7. The number of likely N-dealkylation sites (tertiary alicyclic amines) is 1. The van der Waals surface area contributed by atoms with Gasteiger partial charge in [-0.15, -0.1) is 11.6 Å². The summed E-state index contributed by atoms with van der Waals surface area (Å²) in [7, 11) is 0. The molecule has 0 bridgehead atoms. The van der Waals surface area contributed by atoms with Crippen LogP contribution in [-0.4, -0.2) is 66.3 Å². The van der Waals surface area contributed by atoms with E-state index < -0.39 is 58.5 Å². The lowest BCUT2D eigenvalue weighted by Gasteiger charge is -2.50. The van der Waals surface area contributed by atoms with Gasteiger partial charge in [0, 0.05) is 18.9 Å². The lowest BCUT2D eigenvalue weighted by molar-refractivity contribution is -0.156. The van der Waals surface area contributed by atoms with E-state index in [-0.39, 0.29) is 24.0 Å². The first kappa shape index (κ1) is 50.9. The number of alkyl carbamates (subject to hydrolysis) is 1. The smallest absolute Gasteiger partial charge is 0.409 e. The third-order valence-corrected chi connectivity index (χ3v) is 17.7. The van der Waals surface area contributed by atoms with Crippen LogP contribution in [0.25, 0.3) is 0 Å². The van der Waals surface area contributed by atoms with E-state index in [0.29, 0.717) is 27.9 Å². The van der Waals surface area contributed by atoms with Crippen LogP contribution in [0.4, 0.5) is 4.79 Å². The highest BCUT2D eigenvalue weighted by Gasteiger charge is 2.55. The second kappa shape index (κ2) is 25.0. The number of alkyl halides is 3. The number of aliphatic carboxylic acids is 1. The molecule has 9 nitrogen and oxygen atoms in total. The summed E-state index contributed by atoms with van der Waals surface area (Å²) in [5.41, 5.74) is 0.597. The Hall–Kier alpha value is -4.11. The minimum atomic E-state index is -3.31. The SMILES string of the molecule is CCCCCCCCCCCCCCC(Cl)C(Cl)(Cl)NC(=O)OCc1cccc(C(=O)C[C@@H]2[C@@H]([C@@H](C)O)C(=O)N2C(C(=O)O)=P(c2ccccc2)(c2ccccc2)c2ccccc2)c1. The number of ether oxygens (including phenoxy) is 1. The molecule has 0 spiro atoms. The number of nitrogens with zero attached hydrogens (tertiary/aromatic N) is 1. The molecule has 0 radical (unpaired) electrons. The molecule has 1 unspecified atom stereocenters. The van der Waals surface area contributed by atoms with Gasteiger partial charge in [0.1, 0.15) is 12.0 Å². The van der Waals surface area contributed by atoms with Crippen molar-refractivity contribution in [2.24, 2.45) is 5.92 Å². The van der Waals surface area contributed by atoms with E-state index >= 15 is 0 Å². The van der Waals surface area contributed by atoms with Gasteiger partial charge < -0.3 is 19.8 Å². The third kappa shape index (κ3) is 13.0. The number of β-lactam (4-membered cyclic amide) rings is 1. The Bertz CT molecular complexity index is 2090. The van der Waals surface area contributed by atoms with Gasteiger partial charge in [0.05, 0.1) is 23.4 Å². The predicted molar refractivity (Wildman–Crippen MR) is 262 cm³/mol. The summed E-state index contributed by atoms with van der Waals surface area (Å²) in [6, 6.07) is 33.3. The molecule has 344 valence electrons. The maximum Gasteiger partial charge on any atom is 0.409 e. The van der Waals surface area contributed by atoms with Crippen LogP contribution < -0.4 is 21.2 Å². The second-order valence-corrected chi connectivity index (χ2v) is 21.9. The van der Waals surface area contributed by atoms with E-state index in [4.69, 9.17) is 39.5 Å². The number of hydrogen-bond acceptors (Lipinski definition) is 6. The van der Waals surface area contributed by atoms with Crippen molar-refractivity contribution in [3.05, 3.63) is 126 Å². The van der Waals surface area contributed by atoms with Gasteiger partial charge in [0.2, 0.25) is 10.4 Å². The fourth-order valence-electron chi connectivity index (χ4n) is 8.64. The van der Waals surface area contributed by atoms with Crippen molar-refractivity contribution < 1.29 is 34.1 Å². The first-order valence-electron chi connectivity index (χ1n) is 22.6. The summed E-state index contributed by atoms with van der Waals surface area (Å²) in [5, 5.41) is 26.0. The van der Waals surface area contributed by atoms with Gasteiger partial charge in [-0.2, -0.15) is 0 Å². The fraction of sp³-hybridized carbons (Fsp3) is 0.431. The molecular formula is C51H62Cl3N2O7P. The number of amides is 2. The normalized spacial score (nSPS) is 16.1. The van der Waals surface area contributed by atoms with Gasteiger partial charge in [-0.1, -0.05) is 216 Å². The average molecular weight is 952 g/mol. The van der Waals surface area contributed by atoms with Crippen molar-refractivity contribution in [3.63, 3.8) is 0 Å². The number of aliphatic hydroxyl groups is 1. The van der Waals surface area contributed by atoms with Crippen molar-refractivity contribution in [1.82, 2.24) is 10.2 Å². The van der Waals surface area contributed by atoms with Crippen LogP contribution in [0.3, 0.4) is 0 Å². The van der Waals surface area contributed by atoms with Crippen molar-refractivity contribution >= 4 is 86.8 Å². The maximum atomic E-state index is 14.2. The number of carbonyl (C=O) groups is 4. The first-order valence-corrected chi connectivity index (χ1v) is 25.6. The molecule has 0 aromatic heterocycles. The maximum absolute atomic E-state index is 14.2. The summed E-state index contributed by atoms with van der Waals surface area (Å²) in [5.74, 6) is -3.31. The molecule has 2 amide bonds. The highest BCUT2D eigenvalue weighted by molar-refractivity contribution is 7.96. The third-order valence-electron chi connectivity index (χ3n) is 11.9. The summed E-state index contributed by atoms with van der Waals surface area (Å²) < 4.78 is 3.67. The van der Waals surface area contributed by atoms with E-state index in [1.165, 1.54) is 69.6 Å². The quantitative estimate of drug-likeness (QED) is 0.0143. The summed E-state index contributed by atoms with van der Waals surface area (Å²) >= 11 is 19.5. The predicted octanol–water partition coefficient (Wildman–Crippen LogP) is 10.7. The number of aliphatic hydroxyl groups excluding tert-OH is 1. The average Bonchev–Trinajstić information content (AvgIpc) is 3.29. The highest BCUT2D eigenvalue weighted by Crippen LogP contribution is 2.50. The van der Waals surface area contributed by atoms with Crippen molar-refractivity contribution in [2.75, 3.05) is 0 Å². The summed E-state index contributed by atoms with van der Waals surface area (Å²) in [4.78, 5) is 56.3. The lowest BCUT2D eigenvalue weighted by atomic mass is 9.79. The van der Waals surface area contributed by atoms with Crippen molar-refractivity contribution in [2.45, 2.75) is 132 Å². The van der Waals surface area contributed by atoms with Crippen LogP contribution >= 0.6 is 41.7 Å². The molecule has 1 fully saturated rings. The zero-order valence-electron chi connectivity index (χ0n) is 36.8. The summed E-state index contributed by atoms with van der Waals surface area (Å²) in [6.45, 7) is 0.178. The van der Waals surface area contributed by atoms with Crippen LogP contribution in [0.5, 0.6) is 0 Å². The Balaban J connectivity index is 1.26. The van der Waals surface area contributed by atoms with Gasteiger partial charge >= 0.3 is 12.1 Å². The molecule has 13 heteroatoms. The second-order valence-electron chi connectivity index (χ2n) is 16.6. The Morgan fingerprint density at radius 1 is 0.750 bits per heavy atom. The fourth-order valence-corrected chi connectivity index (χ4v) is 13.6. The molecule has 0 aliphatic carbocycles. The van der Waals surface area contributed by atoms with Gasteiger partial charge in [-0.3, -0.25) is 14.9 Å². The number of halogens is 3. The van der Waals surface area contributed by atoms with Crippen LogP contribution in [0.15, 0.2) is 115 Å². The minimum Gasteiger partial charge on any atom is -0.477 e. The molecule has 1 aliphatic heterocycles. The first-order chi connectivity index (χ1) is 30.8. The standard InChI is InChI=1S/C51H62Cl3N2O7P/c1-3-4-5-6-7-8-9-10-11-12-13-23-33-45(52)51(53,54)55-50(62)63-36-38-25-24-26-39(34-38)44(58)35-43-46(37(2)57)47(59)56(43)48(49(60)61)64(40-27-17-14-18-28-40,41-29-19-15-20-30-41)42-31-21-16-22-32-42/h14-22,24-32,34,37,43,45-46,57H,3-13,23,33,35-36H2,1-2H3,(H,55,62)(H,60,61)/t37-,43-,45?,46-/m1/s1. The van der Waals surface area contributed by atoms with Crippen molar-refractivity contribution in [1.29, 1.82) is 0 Å². The van der Waals surface area contributed by atoms with Gasteiger partial charge in [-0.25, -0.2) is 9.59 Å². The number of rotatable bonds is 26. The molecular weight excluding hydrogens is 890 g/mol. The molecule has 0 saturated carbocycles. The molecule has 5 rings (SSSR count). The van der Waals surface area contributed by atoms with E-state index in [1.54, 1.807) is 24.3 Å². The van der Waals surface area contributed by atoms with Gasteiger partial charge in [-0.05, 0) is 40.9 Å². The Labute approximate surface area is 393 Å². The molecule has 4 aromatic rings. The molecule has 1 saturated heterocycles. The Kier molecular flexibility index (Phi) is 19.9. The number of nitrogens with one attached hydrogen (secondary N) is 1. The Morgan fingerprint density at radius 3 is 1.70 bits per heavy atom. The number of unbranched alkanes of at least 4 members (excludes halogenated alkanes) is 11. The largest absolute Gasteiger partial charge is 0.477 e. The van der Waals surface area contributed by atoms with Crippen LogP contribution in [0, 0.1) is 5.92 Å². The van der Waals surface area contributed by atoms with Crippen LogP contribution in [0.1, 0.15) is 120 Å². The van der Waals surface area contributed by atoms with E-state index in [1.807, 2.05) is 91.0 Å². The molecule has 4 aromatic carbocycles. The van der Waals surface area contributed by atoms with E-state index in [0.717, 1.165) is 19.3 Å². The lowest BCUT2D eigenvalue weighted by Crippen LogP contribution is -2.68. The van der Waals surface area contributed by atoms with E-state index in [2.05, 4.69) is 12.2 Å². The number of ketones is 1. The number of Topliss-reactive ketones (excluding diaryl/α,β-unsaturated/α-hetero) is 1. The number of benzene rings is 4. The van der Waals surface area contributed by atoms with Crippen LogP contribution in [-0.2, 0) is 20.9 Å². The highest BCUT2D eigenvalue weighted by atomic mass is 35.5.